The predicted octanol–water partition coefficient (Wildman–Crippen LogP) is 2.42. The second kappa shape index (κ2) is 9.07. The zero-order valence-electron chi connectivity index (χ0n) is 20.9. The average Bonchev–Trinajstić information content (AvgIpc) is 3.17. The van der Waals surface area contributed by atoms with Gasteiger partial charge < -0.3 is 29.9 Å². The Morgan fingerprint density at radius 1 is 0.912 bits per heavy atom. The maximum atomic E-state index is 12.4. The fourth-order valence-corrected chi connectivity index (χ4v) is 9.38. The highest BCUT2D eigenvalue weighted by atomic mass is 16.7. The molecule has 13 atom stereocenters. The van der Waals surface area contributed by atoms with Gasteiger partial charge in [0.05, 0.1) is 12.7 Å². The van der Waals surface area contributed by atoms with E-state index in [0.29, 0.717) is 29.5 Å². The van der Waals surface area contributed by atoms with Crippen molar-refractivity contribution in [3.8, 4) is 0 Å². The van der Waals surface area contributed by atoms with Gasteiger partial charge in [0, 0.05) is 5.92 Å². The molecule has 34 heavy (non-hydrogen) atoms. The van der Waals surface area contributed by atoms with Crippen LogP contribution in [0.5, 0.6) is 0 Å². The minimum atomic E-state index is -1.40. The largest absolute Gasteiger partial charge is 0.394 e. The van der Waals surface area contributed by atoms with Crippen LogP contribution < -0.4 is 0 Å². The Hall–Kier alpha value is -0.570. The molecule has 4 aliphatic carbocycles. The lowest BCUT2D eigenvalue weighted by molar-refractivity contribution is -0.316. The van der Waals surface area contributed by atoms with Gasteiger partial charge in [0.25, 0.3) is 0 Å². The van der Waals surface area contributed by atoms with Crippen LogP contribution in [0.3, 0.4) is 0 Å². The zero-order chi connectivity index (χ0) is 24.4. The molecule has 194 valence electrons. The molecule has 4 saturated carbocycles. The normalized spacial score (nSPS) is 55.2. The third-order valence-electron chi connectivity index (χ3n) is 11.3. The summed E-state index contributed by atoms with van der Waals surface area (Å²) in [7, 11) is 0. The summed E-state index contributed by atoms with van der Waals surface area (Å²) < 4.78 is 11.8. The Bertz CT molecular complexity index is 772. The SMILES string of the molecule is CC(=O)[C@H]1CC[C@H]2[C@@H]3CC[C@H]4C[C@@H](O[C@@H]5O[C@H](CO)[C@@H](O)[C@H](O)[C@H]5O)CC[C@]4(C)[C@H]3CC[C@]12C. The van der Waals surface area contributed by atoms with Gasteiger partial charge >= 0.3 is 0 Å². The van der Waals surface area contributed by atoms with Crippen molar-refractivity contribution < 1.29 is 34.7 Å². The number of hydrogen-bond acceptors (Lipinski definition) is 7. The number of aliphatic hydroxyl groups excluding tert-OH is 4. The van der Waals surface area contributed by atoms with Gasteiger partial charge in [-0.1, -0.05) is 13.8 Å². The number of ketones is 1. The molecule has 5 aliphatic rings. The average molecular weight is 481 g/mol. The molecule has 1 saturated heterocycles. The molecule has 0 spiro atoms. The zero-order valence-corrected chi connectivity index (χ0v) is 20.9. The molecule has 5 rings (SSSR count). The molecular weight excluding hydrogens is 436 g/mol. The maximum Gasteiger partial charge on any atom is 0.186 e. The summed E-state index contributed by atoms with van der Waals surface area (Å²) in [5.41, 5.74) is 0.452. The monoisotopic (exact) mass is 480 g/mol. The quantitative estimate of drug-likeness (QED) is 0.457. The number of hydrogen-bond donors (Lipinski definition) is 4. The molecule has 1 heterocycles. The number of carbonyl (C=O) groups is 1. The summed E-state index contributed by atoms with van der Waals surface area (Å²) in [5.74, 6) is 3.25. The Kier molecular flexibility index (Phi) is 6.69. The number of ether oxygens (including phenoxy) is 2. The second-order valence-corrected chi connectivity index (χ2v) is 12.7. The number of fused-ring (bicyclic) bond motifs is 5. The predicted molar refractivity (Wildman–Crippen MR) is 125 cm³/mol. The Morgan fingerprint density at radius 2 is 1.62 bits per heavy atom. The van der Waals surface area contributed by atoms with Gasteiger partial charge in [0.1, 0.15) is 30.2 Å². The van der Waals surface area contributed by atoms with Gasteiger partial charge in [0.15, 0.2) is 6.29 Å². The van der Waals surface area contributed by atoms with Crippen molar-refractivity contribution in [2.24, 2.45) is 40.4 Å². The lowest BCUT2D eigenvalue weighted by Crippen LogP contribution is -2.60. The fourth-order valence-electron chi connectivity index (χ4n) is 9.38. The molecular formula is C27H44O7. The van der Waals surface area contributed by atoms with Crippen molar-refractivity contribution >= 4 is 5.78 Å². The van der Waals surface area contributed by atoms with Gasteiger partial charge in [-0.3, -0.25) is 4.79 Å². The van der Waals surface area contributed by atoms with Crippen LogP contribution >= 0.6 is 0 Å². The first kappa shape index (κ1) is 25.1. The van der Waals surface area contributed by atoms with Crippen molar-refractivity contribution in [2.45, 2.75) is 115 Å². The fraction of sp³-hybridized carbons (Fsp3) is 0.963. The Labute approximate surface area is 203 Å². The summed E-state index contributed by atoms with van der Waals surface area (Å²) >= 11 is 0. The van der Waals surface area contributed by atoms with E-state index in [1.165, 1.54) is 25.7 Å². The van der Waals surface area contributed by atoms with Crippen LogP contribution in [-0.4, -0.2) is 69.6 Å². The first-order valence-corrected chi connectivity index (χ1v) is 13.6. The van der Waals surface area contributed by atoms with Gasteiger partial charge in [-0.2, -0.15) is 0 Å². The molecule has 0 amide bonds. The van der Waals surface area contributed by atoms with Crippen molar-refractivity contribution in [1.82, 2.24) is 0 Å². The lowest BCUT2D eigenvalue weighted by Gasteiger charge is -2.61. The van der Waals surface area contributed by atoms with Gasteiger partial charge in [-0.05, 0) is 99.2 Å². The topological polar surface area (TPSA) is 116 Å². The molecule has 5 fully saturated rings. The van der Waals surface area contributed by atoms with Crippen molar-refractivity contribution in [3.05, 3.63) is 0 Å². The Morgan fingerprint density at radius 3 is 2.32 bits per heavy atom. The molecule has 0 unspecified atom stereocenters. The maximum absolute atomic E-state index is 12.4. The second-order valence-electron chi connectivity index (χ2n) is 12.7. The van der Waals surface area contributed by atoms with Crippen LogP contribution in [0.25, 0.3) is 0 Å². The molecule has 0 aromatic carbocycles. The van der Waals surface area contributed by atoms with E-state index in [-0.39, 0.29) is 22.9 Å². The molecule has 0 aromatic heterocycles. The van der Waals surface area contributed by atoms with Crippen molar-refractivity contribution in [1.29, 1.82) is 0 Å². The van der Waals surface area contributed by atoms with Gasteiger partial charge in [-0.15, -0.1) is 0 Å². The number of rotatable bonds is 4. The Balaban J connectivity index is 1.26. The van der Waals surface area contributed by atoms with Crippen molar-refractivity contribution in [2.75, 3.05) is 6.61 Å². The lowest BCUT2D eigenvalue weighted by atomic mass is 9.44. The molecule has 7 nitrogen and oxygen atoms in total. The number of aliphatic hydroxyl groups is 4. The molecule has 1 aliphatic heterocycles. The summed E-state index contributed by atoms with van der Waals surface area (Å²) in [6.45, 7) is 6.23. The minimum absolute atomic E-state index is 0.0708. The molecule has 0 bridgehead atoms. The highest BCUT2D eigenvalue weighted by Gasteiger charge is 2.61. The van der Waals surface area contributed by atoms with Gasteiger partial charge in [0.2, 0.25) is 0 Å². The third-order valence-corrected chi connectivity index (χ3v) is 11.3. The van der Waals surface area contributed by atoms with E-state index in [2.05, 4.69) is 13.8 Å². The highest BCUT2D eigenvalue weighted by molar-refractivity contribution is 5.79. The minimum Gasteiger partial charge on any atom is -0.394 e. The summed E-state index contributed by atoms with van der Waals surface area (Å²) in [6, 6.07) is 0. The van der Waals surface area contributed by atoms with E-state index >= 15 is 0 Å². The van der Waals surface area contributed by atoms with E-state index in [1.54, 1.807) is 6.92 Å². The van der Waals surface area contributed by atoms with E-state index < -0.39 is 37.3 Å². The van der Waals surface area contributed by atoms with E-state index in [1.807, 2.05) is 0 Å². The summed E-state index contributed by atoms with van der Waals surface area (Å²) in [5, 5.41) is 40.0. The third kappa shape index (κ3) is 3.81. The number of Topliss-reactive ketones (excluding diaryl/α,β-unsaturated/α-hetero) is 1. The van der Waals surface area contributed by atoms with E-state index in [9.17, 15) is 25.2 Å². The summed E-state index contributed by atoms with van der Waals surface area (Å²) in [4.78, 5) is 12.4. The molecule has 0 radical (unpaired) electrons. The van der Waals surface area contributed by atoms with Crippen LogP contribution in [0.2, 0.25) is 0 Å². The highest BCUT2D eigenvalue weighted by Crippen LogP contribution is 2.67. The molecule has 0 aromatic rings. The summed E-state index contributed by atoms with van der Waals surface area (Å²) in [6.07, 6.45) is 3.74. The van der Waals surface area contributed by atoms with Crippen molar-refractivity contribution in [3.63, 3.8) is 0 Å². The van der Waals surface area contributed by atoms with Crippen LogP contribution in [0.4, 0.5) is 0 Å². The number of carbonyl (C=O) groups excluding carboxylic acids is 1. The van der Waals surface area contributed by atoms with Crippen LogP contribution in [0.1, 0.15) is 78.6 Å². The standard InChI is InChI=1S/C27H44O7/c1-14(29)18-6-7-19-17-5-4-15-12-16(8-10-26(15,2)20(17)9-11-27(18,19)3)33-25-24(32)23(31)22(30)21(13-28)34-25/h15-25,28,30-32H,4-13H2,1-3H3/t15-,16-,17-,18+,19-,20-,21+,22+,23-,24+,25+,26-,27+/m0/s1. The van der Waals surface area contributed by atoms with Crippen LogP contribution in [-0.2, 0) is 14.3 Å². The molecule has 4 N–H and O–H groups in total. The van der Waals surface area contributed by atoms with Gasteiger partial charge in [-0.25, -0.2) is 0 Å². The van der Waals surface area contributed by atoms with Crippen LogP contribution in [0.15, 0.2) is 0 Å². The van der Waals surface area contributed by atoms with E-state index in [4.69, 9.17) is 9.47 Å². The first-order valence-electron chi connectivity index (χ1n) is 13.6. The first-order chi connectivity index (χ1) is 16.1. The smallest absolute Gasteiger partial charge is 0.186 e. The van der Waals surface area contributed by atoms with Crippen LogP contribution in [0, 0.1) is 40.4 Å². The molecule has 7 heteroatoms. The van der Waals surface area contributed by atoms with E-state index in [0.717, 1.165) is 32.1 Å².